The number of alkyl halides is 3. The van der Waals surface area contributed by atoms with E-state index in [1.54, 1.807) is 48.5 Å². The Hall–Kier alpha value is -0.640. The molecule has 2 rings (SSSR count). The maximum atomic E-state index is 12.4. The minimum atomic E-state index is -2.08. The van der Waals surface area contributed by atoms with E-state index >= 15 is 0 Å². The average Bonchev–Trinajstić information content (AvgIpc) is 2.42. The zero-order valence-electron chi connectivity index (χ0n) is 10.4. The summed E-state index contributed by atoms with van der Waals surface area (Å²) in [4.78, 5) is 13.7. The summed E-state index contributed by atoms with van der Waals surface area (Å²) < 4.78 is -2.08. The van der Waals surface area contributed by atoms with Gasteiger partial charge in [0.15, 0.2) is 0 Å². The normalized spacial score (nSPS) is 11.3. The number of hydrogen-bond acceptors (Lipinski definition) is 1. The van der Waals surface area contributed by atoms with Crippen LogP contribution in [0.4, 0.5) is 11.4 Å². The molecule has 2 aromatic carbocycles. The number of nitrogens with zero attached hydrogens (tertiary/aromatic N) is 1. The molecule has 0 saturated heterocycles. The van der Waals surface area contributed by atoms with Crippen LogP contribution in [-0.2, 0) is 4.79 Å². The van der Waals surface area contributed by atoms with Crippen molar-refractivity contribution in [1.29, 1.82) is 0 Å². The molecule has 0 bridgehead atoms. The van der Waals surface area contributed by atoms with Crippen molar-refractivity contribution in [3.8, 4) is 0 Å². The summed E-state index contributed by atoms with van der Waals surface area (Å²) in [6.07, 6.45) is 0. The van der Waals surface area contributed by atoms with Crippen LogP contribution in [0.25, 0.3) is 0 Å². The second-order valence-electron chi connectivity index (χ2n) is 4.09. The fourth-order valence-corrected chi connectivity index (χ4v) is 2.20. The molecule has 0 unspecified atom stereocenters. The van der Waals surface area contributed by atoms with Crippen LogP contribution in [0.5, 0.6) is 0 Å². The maximum Gasteiger partial charge on any atom is 0.283 e. The highest BCUT2D eigenvalue weighted by Gasteiger charge is 2.36. The predicted octanol–water partition coefficient (Wildman–Crippen LogP) is 6.03. The molecule has 0 aliphatic heterocycles. The molecule has 0 spiro atoms. The fraction of sp³-hybridized carbons (Fsp3) is 0.0714. The van der Waals surface area contributed by atoms with Crippen LogP contribution in [0.3, 0.4) is 0 Å². The third-order valence-corrected chi connectivity index (χ3v) is 3.60. The highest BCUT2D eigenvalue weighted by molar-refractivity contribution is 6.77. The summed E-state index contributed by atoms with van der Waals surface area (Å²) >= 11 is 28.9. The van der Waals surface area contributed by atoms with Gasteiger partial charge in [-0.25, -0.2) is 0 Å². The molecule has 0 aliphatic rings. The van der Waals surface area contributed by atoms with Gasteiger partial charge in [-0.2, -0.15) is 0 Å². The molecule has 0 radical (unpaired) electrons. The Bertz CT molecular complexity index is 588. The number of benzene rings is 2. The highest BCUT2D eigenvalue weighted by Crippen LogP contribution is 2.36. The van der Waals surface area contributed by atoms with E-state index in [0.29, 0.717) is 21.4 Å². The van der Waals surface area contributed by atoms with Gasteiger partial charge in [0.25, 0.3) is 9.70 Å². The lowest BCUT2D eigenvalue weighted by Gasteiger charge is -2.26. The number of rotatable bonds is 2. The third kappa shape index (κ3) is 4.18. The first-order valence-corrected chi connectivity index (χ1v) is 7.60. The molecule has 2 aromatic rings. The molecule has 0 aliphatic carbocycles. The van der Waals surface area contributed by atoms with Gasteiger partial charge in [-0.1, -0.05) is 58.0 Å². The second-order valence-corrected chi connectivity index (χ2v) is 7.25. The molecule has 0 heterocycles. The van der Waals surface area contributed by atoms with Crippen molar-refractivity contribution in [2.75, 3.05) is 4.90 Å². The Labute approximate surface area is 147 Å². The molecule has 0 aromatic heterocycles. The fourth-order valence-electron chi connectivity index (χ4n) is 1.69. The second kappa shape index (κ2) is 6.64. The van der Waals surface area contributed by atoms with Crippen LogP contribution in [0, 0.1) is 0 Å². The van der Waals surface area contributed by atoms with E-state index in [4.69, 9.17) is 58.0 Å². The van der Waals surface area contributed by atoms with E-state index in [1.807, 2.05) is 0 Å². The Morgan fingerprint density at radius 2 is 1.10 bits per heavy atom. The maximum absolute atomic E-state index is 12.4. The predicted molar refractivity (Wildman–Crippen MR) is 90.3 cm³/mol. The zero-order chi connectivity index (χ0) is 15.6. The number of halogens is 5. The van der Waals surface area contributed by atoms with Gasteiger partial charge < -0.3 is 0 Å². The van der Waals surface area contributed by atoms with Gasteiger partial charge in [-0.15, -0.1) is 0 Å². The van der Waals surface area contributed by atoms with Crippen molar-refractivity contribution >= 4 is 75.3 Å². The van der Waals surface area contributed by atoms with Crippen LogP contribution >= 0.6 is 58.0 Å². The number of carbonyl (C=O) groups is 1. The molecule has 2 nitrogen and oxygen atoms in total. The minimum absolute atomic E-state index is 0.526. The van der Waals surface area contributed by atoms with Crippen molar-refractivity contribution < 1.29 is 4.79 Å². The Morgan fingerprint density at radius 1 is 0.762 bits per heavy atom. The molecule has 110 valence electrons. The monoisotopic (exact) mass is 381 g/mol. The van der Waals surface area contributed by atoms with Gasteiger partial charge in [-0.3, -0.25) is 9.69 Å². The standard InChI is InChI=1S/C14H8Cl5NO/c15-9-1-5-11(6-2-9)20(13(21)14(17,18)19)12-7-3-10(16)4-8-12/h1-8H. The summed E-state index contributed by atoms with van der Waals surface area (Å²) in [5.41, 5.74) is 1.05. The summed E-state index contributed by atoms with van der Waals surface area (Å²) in [7, 11) is 0. The molecule has 21 heavy (non-hydrogen) atoms. The van der Waals surface area contributed by atoms with Gasteiger partial charge in [-0.05, 0) is 48.5 Å². The molecule has 0 N–H and O–H groups in total. The van der Waals surface area contributed by atoms with E-state index in [2.05, 4.69) is 0 Å². The van der Waals surface area contributed by atoms with Gasteiger partial charge in [0, 0.05) is 21.4 Å². The number of carbonyl (C=O) groups excluding carboxylic acids is 1. The van der Waals surface area contributed by atoms with Crippen LogP contribution in [-0.4, -0.2) is 9.70 Å². The van der Waals surface area contributed by atoms with E-state index < -0.39 is 9.70 Å². The van der Waals surface area contributed by atoms with E-state index in [1.165, 1.54) is 4.90 Å². The Balaban J connectivity index is 2.51. The lowest BCUT2D eigenvalue weighted by molar-refractivity contribution is -0.117. The lowest BCUT2D eigenvalue weighted by atomic mass is 10.2. The van der Waals surface area contributed by atoms with E-state index in [-0.39, 0.29) is 0 Å². The first kappa shape index (κ1) is 16.7. The number of hydrogen-bond donors (Lipinski definition) is 0. The first-order valence-electron chi connectivity index (χ1n) is 5.71. The molecular weight excluding hydrogens is 375 g/mol. The smallest absolute Gasteiger partial charge is 0.277 e. The van der Waals surface area contributed by atoms with E-state index in [0.717, 1.165) is 0 Å². The summed E-state index contributed by atoms with van der Waals surface area (Å²) in [6.45, 7) is 0. The van der Waals surface area contributed by atoms with Crippen molar-refractivity contribution in [1.82, 2.24) is 0 Å². The van der Waals surface area contributed by atoms with Crippen molar-refractivity contribution in [3.63, 3.8) is 0 Å². The van der Waals surface area contributed by atoms with Gasteiger partial charge >= 0.3 is 0 Å². The zero-order valence-corrected chi connectivity index (χ0v) is 14.1. The van der Waals surface area contributed by atoms with Gasteiger partial charge in [0.2, 0.25) is 0 Å². The topological polar surface area (TPSA) is 20.3 Å². The first-order chi connectivity index (χ1) is 9.79. The van der Waals surface area contributed by atoms with E-state index in [9.17, 15) is 4.79 Å². The third-order valence-electron chi connectivity index (χ3n) is 2.62. The summed E-state index contributed by atoms with van der Waals surface area (Å²) in [6, 6.07) is 13.2. The Morgan fingerprint density at radius 3 is 1.38 bits per heavy atom. The molecular formula is C14H8Cl5NO. The summed E-state index contributed by atoms with van der Waals surface area (Å²) in [5, 5.41) is 1.08. The minimum Gasteiger partial charge on any atom is -0.277 e. The average molecular weight is 383 g/mol. The van der Waals surface area contributed by atoms with Crippen LogP contribution in [0.15, 0.2) is 48.5 Å². The van der Waals surface area contributed by atoms with Crippen molar-refractivity contribution in [2.45, 2.75) is 3.79 Å². The lowest BCUT2D eigenvalue weighted by Crippen LogP contribution is -2.36. The Kier molecular flexibility index (Phi) is 5.29. The van der Waals surface area contributed by atoms with Crippen LogP contribution in [0.1, 0.15) is 0 Å². The quantitative estimate of drug-likeness (QED) is 0.580. The van der Waals surface area contributed by atoms with Crippen LogP contribution < -0.4 is 4.90 Å². The van der Waals surface area contributed by atoms with Gasteiger partial charge in [0.1, 0.15) is 0 Å². The number of anilines is 2. The van der Waals surface area contributed by atoms with Crippen molar-refractivity contribution in [3.05, 3.63) is 58.6 Å². The number of amides is 1. The molecule has 7 heteroatoms. The summed E-state index contributed by atoms with van der Waals surface area (Å²) in [5.74, 6) is -0.697. The van der Waals surface area contributed by atoms with Crippen molar-refractivity contribution in [2.24, 2.45) is 0 Å². The van der Waals surface area contributed by atoms with Crippen LogP contribution in [0.2, 0.25) is 10.0 Å². The molecule has 0 saturated carbocycles. The largest absolute Gasteiger partial charge is 0.283 e. The molecule has 0 atom stereocenters. The molecule has 1 amide bonds. The van der Waals surface area contributed by atoms with Gasteiger partial charge in [0.05, 0.1) is 0 Å². The SMILES string of the molecule is O=C(N(c1ccc(Cl)cc1)c1ccc(Cl)cc1)C(Cl)(Cl)Cl. The molecule has 0 fully saturated rings. The highest BCUT2D eigenvalue weighted by atomic mass is 35.6.